The molecule has 3 atom stereocenters. The summed E-state index contributed by atoms with van der Waals surface area (Å²) in [6.07, 6.45) is -6.99. The van der Waals surface area contributed by atoms with Crippen molar-refractivity contribution in [2.45, 2.75) is 63.6 Å². The third-order valence-corrected chi connectivity index (χ3v) is 9.32. The molecule has 29 heavy (non-hydrogen) atoms. The van der Waals surface area contributed by atoms with Gasteiger partial charge in [-0.3, -0.25) is 0 Å². The van der Waals surface area contributed by atoms with Gasteiger partial charge < -0.3 is 5.41 Å². The van der Waals surface area contributed by atoms with Crippen molar-refractivity contribution in [2.75, 3.05) is 0 Å². The molecule has 0 fully saturated rings. The normalized spacial score (nSPS) is 19.7. The highest BCUT2D eigenvalue weighted by Gasteiger charge is 2.84. The van der Waals surface area contributed by atoms with Crippen molar-refractivity contribution >= 4 is 56.2 Å². The number of unbranched alkanes of at least 4 members (excludes halogenated alkanes) is 1. The molecule has 0 aromatic rings. The summed E-state index contributed by atoms with van der Waals surface area (Å²) >= 11 is -5.94. The number of rotatable bonds is 12. The lowest BCUT2D eigenvalue weighted by Crippen LogP contribution is -2.70. The summed E-state index contributed by atoms with van der Waals surface area (Å²) in [6.45, 7) is 2.61. The van der Waals surface area contributed by atoms with Gasteiger partial charge in [0.1, 0.15) is 0 Å². The van der Waals surface area contributed by atoms with Gasteiger partial charge in [-0.25, -0.2) is 13.2 Å². The van der Waals surface area contributed by atoms with Crippen molar-refractivity contribution < 1.29 is 43.9 Å². The minimum atomic E-state index is -6.35. The molecule has 0 radical (unpaired) electrons. The second-order valence-corrected chi connectivity index (χ2v) is 10.9. The van der Waals surface area contributed by atoms with Gasteiger partial charge in [0.15, 0.2) is 0 Å². The number of hydrogen-bond acceptors (Lipinski definition) is 1. The Labute approximate surface area is 181 Å². The van der Waals surface area contributed by atoms with E-state index in [1.807, 2.05) is 0 Å². The Morgan fingerprint density at radius 2 is 1.34 bits per heavy atom. The van der Waals surface area contributed by atoms with E-state index >= 15 is 0 Å². The molecule has 0 heterocycles. The monoisotopic (exact) mass is 669 g/mol. The average Bonchev–Trinajstić information content (AvgIpc) is 2.62. The van der Waals surface area contributed by atoms with Crippen LogP contribution in [0.5, 0.6) is 0 Å². The van der Waals surface area contributed by atoms with E-state index < -0.39 is 92.3 Å². The zero-order valence-electron chi connectivity index (χ0n) is 15.1. The topological polar surface area (TPSA) is 23.9 Å². The van der Waals surface area contributed by atoms with Crippen LogP contribution in [0.1, 0.15) is 32.6 Å². The third kappa shape index (κ3) is 5.05. The summed E-state index contributed by atoms with van der Waals surface area (Å²) in [4.78, 5) is 0. The fourth-order valence-corrected chi connectivity index (χ4v) is 5.33. The van der Waals surface area contributed by atoms with Crippen molar-refractivity contribution in [3.8, 4) is 0 Å². The van der Waals surface area contributed by atoms with E-state index in [9.17, 15) is 43.9 Å². The predicted octanol–water partition coefficient (Wildman–Crippen LogP) is 7.45. The minimum Gasteiger partial charge on any atom is -0.305 e. The first-order valence-electron chi connectivity index (χ1n) is 7.71. The van der Waals surface area contributed by atoms with Crippen LogP contribution in [0.2, 0.25) is 0 Å². The first-order chi connectivity index (χ1) is 12.8. The molecule has 0 amide bonds. The average molecular weight is 669 g/mol. The van der Waals surface area contributed by atoms with Gasteiger partial charge in [-0.2, -0.15) is 30.7 Å². The molecule has 0 aliphatic rings. The van der Waals surface area contributed by atoms with Crippen molar-refractivity contribution in [1.29, 1.82) is 5.41 Å². The molecule has 0 aliphatic carbocycles. The molecule has 0 bridgehead atoms. The maximum absolute atomic E-state index is 14.8. The third-order valence-electron chi connectivity index (χ3n) is 4.22. The molecule has 0 saturated heterocycles. The van der Waals surface area contributed by atoms with Gasteiger partial charge in [0.05, 0.1) is 0 Å². The summed E-state index contributed by atoms with van der Waals surface area (Å²) in [7, 11) is 0. The van der Waals surface area contributed by atoms with E-state index in [0.29, 0.717) is 0 Å². The second kappa shape index (κ2) is 9.59. The van der Waals surface area contributed by atoms with Crippen LogP contribution in [0.15, 0.2) is 12.7 Å². The maximum Gasteiger partial charge on any atom is 0.434 e. The van der Waals surface area contributed by atoms with Crippen LogP contribution in [-0.4, -0.2) is 45.8 Å². The fourth-order valence-electron chi connectivity index (χ4n) is 2.26. The molecule has 0 rings (SSSR count). The molecular formula is C16H19F10I2N. The predicted molar refractivity (Wildman–Crippen MR) is 112 cm³/mol. The van der Waals surface area contributed by atoms with Gasteiger partial charge in [-0.15, -0.1) is 0 Å². The Morgan fingerprint density at radius 1 is 0.862 bits per heavy atom. The summed E-state index contributed by atoms with van der Waals surface area (Å²) in [5, 5.41) is 7.28. The van der Waals surface area contributed by atoms with Crippen LogP contribution in [0, 0.1) is 5.41 Å². The van der Waals surface area contributed by atoms with Crippen LogP contribution in [0.25, 0.3) is 0 Å². The molecule has 1 nitrogen and oxygen atoms in total. The molecule has 172 valence electrons. The molecular weight excluding hydrogens is 650 g/mol. The standard InChI is InChI=1S/C16H19F10I2N/c1-5-10(29)8-6-7-9-12(18,27-3)14(21,22)13(19,20)11(2,17)15(23,28-4)16(24,25)26/h5,29H,1,3-4,6-9H2,2H3. The Hall–Kier alpha value is -0.0900. The number of halogens is 12. The Morgan fingerprint density at radius 3 is 1.69 bits per heavy atom. The molecule has 0 aromatic carbocycles. The summed E-state index contributed by atoms with van der Waals surface area (Å²) in [5.41, 5.74) is -5.50. The first-order valence-corrected chi connectivity index (χ1v) is 12.9. The molecule has 1 N–H and O–H groups in total. The van der Waals surface area contributed by atoms with Gasteiger partial charge in [0, 0.05) is 5.71 Å². The molecule has 0 aliphatic heterocycles. The summed E-state index contributed by atoms with van der Waals surface area (Å²) < 4.78 is 136. The van der Waals surface area contributed by atoms with Crippen molar-refractivity contribution in [3.05, 3.63) is 12.7 Å². The van der Waals surface area contributed by atoms with E-state index in [-0.39, 0.29) is 18.6 Å². The lowest BCUT2D eigenvalue weighted by molar-refractivity contribution is -0.332. The fraction of sp³-hybridized carbons (Fsp3) is 0.688. The van der Waals surface area contributed by atoms with Gasteiger partial charge >= 0.3 is 18.0 Å². The van der Waals surface area contributed by atoms with E-state index in [0.717, 1.165) is 6.08 Å². The van der Waals surface area contributed by atoms with Crippen LogP contribution in [0.4, 0.5) is 43.9 Å². The van der Waals surface area contributed by atoms with Crippen molar-refractivity contribution in [3.63, 3.8) is 0 Å². The summed E-state index contributed by atoms with van der Waals surface area (Å²) in [5.74, 6) is -12.3. The quantitative estimate of drug-likeness (QED) is 0.0735. The maximum atomic E-state index is 14.8. The molecule has 13 heteroatoms. The van der Waals surface area contributed by atoms with Crippen LogP contribution < -0.4 is 0 Å². The van der Waals surface area contributed by atoms with Crippen molar-refractivity contribution in [1.82, 2.24) is 0 Å². The summed E-state index contributed by atoms with van der Waals surface area (Å²) in [6, 6.07) is 0. The zero-order valence-corrected chi connectivity index (χ0v) is 19.4. The lowest BCUT2D eigenvalue weighted by Gasteiger charge is -2.45. The SMILES string of the molecule is C=CC(=N)CCCCC(F)(I=C)C(F)(F)C(F)(F)C(C)(F)C(F)(I=C)C(F)(F)F. The highest BCUT2D eigenvalue weighted by Crippen LogP contribution is 2.63. The van der Waals surface area contributed by atoms with E-state index in [1.54, 1.807) is 0 Å². The van der Waals surface area contributed by atoms with Crippen molar-refractivity contribution in [2.24, 2.45) is 0 Å². The van der Waals surface area contributed by atoms with E-state index in [4.69, 9.17) is 5.41 Å². The highest BCUT2D eigenvalue weighted by atomic mass is 127. The van der Waals surface area contributed by atoms with Crippen LogP contribution in [0.3, 0.4) is 0 Å². The Balaban J connectivity index is 6.07. The Bertz CT molecular complexity index is 646. The van der Waals surface area contributed by atoms with Crippen LogP contribution >= 0.6 is 41.5 Å². The first kappa shape index (κ1) is 28.9. The van der Waals surface area contributed by atoms with E-state index in [2.05, 4.69) is 15.6 Å². The number of nitrogens with one attached hydrogen (secondary N) is 1. The number of allylic oxidation sites excluding steroid dienone is 1. The number of hydrogen-bond donors (Lipinski definition) is 1. The lowest BCUT2D eigenvalue weighted by atomic mass is 9.86. The molecule has 3 unspecified atom stereocenters. The van der Waals surface area contributed by atoms with E-state index in [1.165, 1.54) is 0 Å². The van der Waals surface area contributed by atoms with Crippen LogP contribution in [-0.2, 0) is 0 Å². The van der Waals surface area contributed by atoms with Gasteiger partial charge in [0.2, 0.25) is 9.34 Å². The van der Waals surface area contributed by atoms with Gasteiger partial charge in [-0.05, 0) is 38.7 Å². The molecule has 0 aromatic heterocycles. The second-order valence-electron chi connectivity index (χ2n) is 6.13. The number of alkyl halides is 12. The Kier molecular flexibility index (Phi) is 9.56. The largest absolute Gasteiger partial charge is 0.434 e. The minimum absolute atomic E-state index is 0.0287. The van der Waals surface area contributed by atoms with Gasteiger partial charge in [0.25, 0.3) is 3.68 Å². The zero-order chi connectivity index (χ0) is 23.5. The van der Waals surface area contributed by atoms with Gasteiger partial charge in [-0.1, -0.05) is 57.1 Å². The smallest absolute Gasteiger partial charge is 0.305 e. The molecule has 0 saturated carbocycles. The highest BCUT2D eigenvalue weighted by molar-refractivity contribution is 14.2. The molecule has 0 spiro atoms.